The van der Waals surface area contributed by atoms with Gasteiger partial charge < -0.3 is 24.0 Å². The van der Waals surface area contributed by atoms with Gasteiger partial charge in [0.25, 0.3) is 0 Å². The van der Waals surface area contributed by atoms with E-state index in [0.29, 0.717) is 0 Å². The van der Waals surface area contributed by atoms with Crippen LogP contribution in [-0.4, -0.2) is 8.75 Å². The number of rotatable bonds is 1. The Hall–Kier alpha value is -1.08. The smallest absolute Gasteiger partial charge is 0.169 e. The molecule has 17 heavy (non-hydrogen) atoms. The summed E-state index contributed by atoms with van der Waals surface area (Å²) in [5.74, 6) is 0. The number of nitrogens with zero attached hydrogens (tertiary/aromatic N) is 3. The van der Waals surface area contributed by atoms with Crippen LogP contribution in [0.3, 0.4) is 0 Å². The lowest BCUT2D eigenvalue weighted by molar-refractivity contribution is -0.671. The van der Waals surface area contributed by atoms with Crippen molar-refractivity contribution in [3.63, 3.8) is 0 Å². The Kier molecular flexibility index (Phi) is 3.68. The minimum Gasteiger partial charge on any atom is -1.00 e. The predicted molar refractivity (Wildman–Crippen MR) is 64.0 cm³/mol. The first-order valence-corrected chi connectivity index (χ1v) is 5.74. The number of halogens is 1. The van der Waals surface area contributed by atoms with Crippen molar-refractivity contribution in [3.05, 3.63) is 42.7 Å². The highest BCUT2D eigenvalue weighted by Gasteiger charge is 2.03. The standard InChI is InChI=1S/C12H10N3S.HI/c1-15-6-4-9(5-7-15)10-2-3-11-12(8-10)14-16-13-11;/h2-8H,1H3;1H/q+1;/p-1. The molecule has 0 bridgehead atoms. The number of hydrogen-bond acceptors (Lipinski definition) is 3. The maximum Gasteiger partial charge on any atom is 0.169 e. The molecule has 0 N–H and O–H groups in total. The fourth-order valence-corrected chi connectivity index (χ4v) is 2.17. The summed E-state index contributed by atoms with van der Waals surface area (Å²) < 4.78 is 10.5. The SMILES string of the molecule is C[n+]1ccc(-c2ccc3nsnc3c2)cc1.[I-]. The normalized spacial score (nSPS) is 10.2. The molecule has 0 radical (unpaired) electrons. The van der Waals surface area contributed by atoms with Gasteiger partial charge >= 0.3 is 0 Å². The van der Waals surface area contributed by atoms with Crippen LogP contribution in [0.2, 0.25) is 0 Å². The van der Waals surface area contributed by atoms with Gasteiger partial charge in [0.05, 0.1) is 11.7 Å². The molecule has 0 amide bonds. The van der Waals surface area contributed by atoms with E-state index in [1.807, 2.05) is 30.1 Å². The average molecular weight is 355 g/mol. The lowest BCUT2D eigenvalue weighted by Gasteiger charge is -1.99. The quantitative estimate of drug-likeness (QED) is 0.422. The summed E-state index contributed by atoms with van der Waals surface area (Å²) in [6.07, 6.45) is 4.08. The van der Waals surface area contributed by atoms with Gasteiger partial charge in [0.2, 0.25) is 0 Å². The van der Waals surface area contributed by atoms with E-state index in [1.54, 1.807) is 0 Å². The molecule has 3 nitrogen and oxygen atoms in total. The summed E-state index contributed by atoms with van der Waals surface area (Å²) in [6, 6.07) is 10.4. The fourth-order valence-electron chi connectivity index (χ4n) is 1.66. The molecule has 0 fully saturated rings. The molecule has 1 aromatic carbocycles. The number of fused-ring (bicyclic) bond motifs is 1. The first-order valence-electron chi connectivity index (χ1n) is 5.01. The van der Waals surface area contributed by atoms with Gasteiger partial charge in [0, 0.05) is 12.1 Å². The third-order valence-corrected chi connectivity index (χ3v) is 3.12. The fraction of sp³-hybridized carbons (Fsp3) is 0.0833. The largest absolute Gasteiger partial charge is 1.00 e. The average Bonchev–Trinajstić information content (AvgIpc) is 2.77. The van der Waals surface area contributed by atoms with Crippen LogP contribution in [0, 0.1) is 0 Å². The Morgan fingerprint density at radius 1 is 0.941 bits per heavy atom. The van der Waals surface area contributed by atoms with Crippen LogP contribution < -0.4 is 28.5 Å². The Labute approximate surface area is 120 Å². The molecule has 0 atom stereocenters. The molecule has 5 heteroatoms. The van der Waals surface area contributed by atoms with Crippen LogP contribution in [0.4, 0.5) is 0 Å². The Morgan fingerprint density at radius 2 is 1.65 bits per heavy atom. The maximum atomic E-state index is 4.25. The van der Waals surface area contributed by atoms with Gasteiger partial charge in [-0.2, -0.15) is 8.75 Å². The van der Waals surface area contributed by atoms with E-state index in [0.717, 1.165) is 11.0 Å². The number of aromatic nitrogens is 3. The lowest BCUT2D eigenvalue weighted by Crippen LogP contribution is -3.00. The van der Waals surface area contributed by atoms with Gasteiger partial charge in [0.15, 0.2) is 12.4 Å². The molecule has 0 saturated heterocycles. The highest BCUT2D eigenvalue weighted by Crippen LogP contribution is 2.22. The van der Waals surface area contributed by atoms with Crippen molar-refractivity contribution in [2.75, 3.05) is 0 Å². The summed E-state index contributed by atoms with van der Waals surface area (Å²) in [6.45, 7) is 0. The van der Waals surface area contributed by atoms with E-state index < -0.39 is 0 Å². The van der Waals surface area contributed by atoms with Crippen LogP contribution in [0.25, 0.3) is 22.2 Å². The zero-order chi connectivity index (χ0) is 11.0. The van der Waals surface area contributed by atoms with Crippen LogP contribution in [0.1, 0.15) is 0 Å². The molecule has 0 aliphatic rings. The first-order chi connectivity index (χ1) is 7.83. The van der Waals surface area contributed by atoms with Crippen molar-refractivity contribution in [2.45, 2.75) is 0 Å². The van der Waals surface area contributed by atoms with Crippen molar-refractivity contribution in [3.8, 4) is 11.1 Å². The summed E-state index contributed by atoms with van der Waals surface area (Å²) in [4.78, 5) is 0. The molecule has 0 aliphatic heterocycles. The van der Waals surface area contributed by atoms with Crippen molar-refractivity contribution < 1.29 is 28.5 Å². The molecule has 2 aromatic heterocycles. The van der Waals surface area contributed by atoms with E-state index >= 15 is 0 Å². The molecule has 0 unspecified atom stereocenters. The molecular weight excluding hydrogens is 345 g/mol. The predicted octanol–water partition coefficient (Wildman–Crippen LogP) is -0.813. The third kappa shape index (κ3) is 2.44. The van der Waals surface area contributed by atoms with E-state index in [9.17, 15) is 0 Å². The number of pyridine rings is 1. The van der Waals surface area contributed by atoms with Crippen molar-refractivity contribution >= 4 is 22.8 Å². The van der Waals surface area contributed by atoms with Gasteiger partial charge in [-0.25, -0.2) is 4.57 Å². The molecule has 3 aromatic rings. The second-order valence-electron chi connectivity index (χ2n) is 3.72. The Bertz CT molecular complexity index is 634. The van der Waals surface area contributed by atoms with Crippen molar-refractivity contribution in [1.29, 1.82) is 0 Å². The van der Waals surface area contributed by atoms with Gasteiger partial charge in [-0.15, -0.1) is 0 Å². The van der Waals surface area contributed by atoms with E-state index in [4.69, 9.17) is 0 Å². The number of benzene rings is 1. The zero-order valence-electron chi connectivity index (χ0n) is 9.17. The summed E-state index contributed by atoms with van der Waals surface area (Å²) in [5.41, 5.74) is 4.32. The lowest BCUT2D eigenvalue weighted by atomic mass is 10.1. The van der Waals surface area contributed by atoms with Gasteiger partial charge in [0.1, 0.15) is 18.1 Å². The van der Waals surface area contributed by atoms with Crippen LogP contribution in [-0.2, 0) is 7.05 Å². The van der Waals surface area contributed by atoms with Crippen molar-refractivity contribution in [1.82, 2.24) is 8.75 Å². The topological polar surface area (TPSA) is 29.7 Å². The Morgan fingerprint density at radius 3 is 2.41 bits per heavy atom. The van der Waals surface area contributed by atoms with Crippen molar-refractivity contribution in [2.24, 2.45) is 7.05 Å². The minimum atomic E-state index is 0. The zero-order valence-corrected chi connectivity index (χ0v) is 12.1. The third-order valence-electron chi connectivity index (χ3n) is 2.57. The van der Waals surface area contributed by atoms with E-state index in [2.05, 4.69) is 33.0 Å². The van der Waals surface area contributed by atoms with Crippen LogP contribution >= 0.6 is 11.7 Å². The molecule has 0 spiro atoms. The summed E-state index contributed by atoms with van der Waals surface area (Å²) >= 11 is 1.26. The Balaban J connectivity index is 0.00000108. The summed E-state index contributed by atoms with van der Waals surface area (Å²) in [5, 5.41) is 0. The maximum absolute atomic E-state index is 4.25. The molecule has 3 rings (SSSR count). The molecule has 86 valence electrons. The summed E-state index contributed by atoms with van der Waals surface area (Å²) in [7, 11) is 2.01. The number of hydrogen-bond donors (Lipinski definition) is 0. The van der Waals surface area contributed by atoms with E-state index in [-0.39, 0.29) is 24.0 Å². The molecule has 2 heterocycles. The minimum absolute atomic E-state index is 0. The highest BCUT2D eigenvalue weighted by atomic mass is 127. The van der Waals surface area contributed by atoms with Gasteiger partial charge in [-0.05, 0) is 23.3 Å². The second kappa shape index (κ2) is 5.05. The second-order valence-corrected chi connectivity index (χ2v) is 4.25. The molecule has 0 saturated carbocycles. The monoisotopic (exact) mass is 355 g/mol. The molecule has 0 aliphatic carbocycles. The number of aryl methyl sites for hydroxylation is 1. The van der Waals surface area contributed by atoms with Gasteiger partial charge in [-0.3, -0.25) is 0 Å². The van der Waals surface area contributed by atoms with E-state index in [1.165, 1.54) is 22.9 Å². The van der Waals surface area contributed by atoms with Crippen LogP contribution in [0.15, 0.2) is 42.7 Å². The molecular formula is C12H10IN3S. The highest BCUT2D eigenvalue weighted by molar-refractivity contribution is 7.00. The van der Waals surface area contributed by atoms with Gasteiger partial charge in [-0.1, -0.05) is 6.07 Å². The first kappa shape index (κ1) is 12.4. The van der Waals surface area contributed by atoms with Crippen LogP contribution in [0.5, 0.6) is 0 Å².